The van der Waals surface area contributed by atoms with Crippen molar-refractivity contribution in [3.8, 4) is 11.5 Å². The van der Waals surface area contributed by atoms with Crippen LogP contribution in [0.2, 0.25) is 0 Å². The van der Waals surface area contributed by atoms with E-state index in [0.29, 0.717) is 22.9 Å². The summed E-state index contributed by atoms with van der Waals surface area (Å²) in [5, 5.41) is 2.82. The van der Waals surface area contributed by atoms with Gasteiger partial charge in [-0.25, -0.2) is 4.98 Å². The largest absolute Gasteiger partial charge is 0.454 e. The Morgan fingerprint density at radius 1 is 1.00 bits per heavy atom. The number of benzene rings is 2. The molecule has 0 atom stereocenters. The molecule has 1 aliphatic rings. The molecule has 6 nitrogen and oxygen atoms in total. The molecule has 0 fully saturated rings. The lowest BCUT2D eigenvalue weighted by Gasteiger charge is -2.19. The first-order valence-corrected chi connectivity index (χ1v) is 8.16. The Hall–Kier alpha value is -3.54. The van der Waals surface area contributed by atoms with Gasteiger partial charge in [-0.3, -0.25) is 4.79 Å². The molecule has 0 aliphatic carbocycles. The van der Waals surface area contributed by atoms with Crippen LogP contribution in [0.3, 0.4) is 0 Å². The van der Waals surface area contributed by atoms with Crippen LogP contribution in [0.15, 0.2) is 66.9 Å². The number of rotatable bonds is 4. The number of para-hydroxylation sites is 1. The average Bonchev–Trinajstić information content (AvgIpc) is 3.16. The number of carbonyl (C=O) groups excluding carboxylic acids is 1. The summed E-state index contributed by atoms with van der Waals surface area (Å²) in [5.41, 5.74) is 2.92. The van der Waals surface area contributed by atoms with Crippen molar-refractivity contribution < 1.29 is 14.3 Å². The van der Waals surface area contributed by atoms with Crippen LogP contribution in [0.5, 0.6) is 11.5 Å². The molecule has 0 saturated carbocycles. The Morgan fingerprint density at radius 2 is 1.81 bits per heavy atom. The van der Waals surface area contributed by atoms with E-state index in [1.807, 2.05) is 48.3 Å². The molecule has 1 aromatic heterocycles. The number of pyridine rings is 1. The first-order chi connectivity index (χ1) is 12.7. The predicted octanol–water partition coefficient (Wildman–Crippen LogP) is 3.83. The van der Waals surface area contributed by atoms with Crippen LogP contribution in [0.1, 0.15) is 10.5 Å². The third-order valence-electron chi connectivity index (χ3n) is 4.14. The number of fused-ring (bicyclic) bond motifs is 1. The van der Waals surface area contributed by atoms with Crippen LogP contribution in [-0.4, -0.2) is 24.7 Å². The van der Waals surface area contributed by atoms with Gasteiger partial charge in [-0.05, 0) is 36.4 Å². The topological polar surface area (TPSA) is 63.7 Å². The van der Waals surface area contributed by atoms with Gasteiger partial charge in [0.1, 0.15) is 5.69 Å². The van der Waals surface area contributed by atoms with Crippen molar-refractivity contribution in [2.75, 3.05) is 24.1 Å². The highest BCUT2D eigenvalue weighted by Gasteiger charge is 2.15. The highest BCUT2D eigenvalue weighted by atomic mass is 16.7. The molecule has 1 amide bonds. The summed E-state index contributed by atoms with van der Waals surface area (Å²) >= 11 is 0. The van der Waals surface area contributed by atoms with E-state index in [2.05, 4.69) is 10.3 Å². The van der Waals surface area contributed by atoms with Gasteiger partial charge in [0.2, 0.25) is 6.79 Å². The van der Waals surface area contributed by atoms with Gasteiger partial charge in [0.15, 0.2) is 11.5 Å². The van der Waals surface area contributed by atoms with E-state index in [9.17, 15) is 4.79 Å². The van der Waals surface area contributed by atoms with Crippen LogP contribution in [0.25, 0.3) is 0 Å². The number of hydrogen-bond donors (Lipinski definition) is 1. The molecule has 0 saturated heterocycles. The monoisotopic (exact) mass is 347 g/mol. The summed E-state index contributed by atoms with van der Waals surface area (Å²) in [5.74, 6) is 1.02. The van der Waals surface area contributed by atoms with E-state index < -0.39 is 0 Å². The third-order valence-corrected chi connectivity index (χ3v) is 4.14. The number of aromatic nitrogens is 1. The van der Waals surface area contributed by atoms with Crippen molar-refractivity contribution in [3.05, 3.63) is 72.6 Å². The fourth-order valence-electron chi connectivity index (χ4n) is 2.69. The van der Waals surface area contributed by atoms with Crippen molar-refractivity contribution in [1.29, 1.82) is 0 Å². The standard InChI is InChI=1S/C20H17N3O3/c1-23(15-5-3-2-4-6-15)16-8-9-17(21-12-16)20(24)22-14-7-10-18-19(11-14)26-13-25-18/h2-12H,13H2,1H3,(H,22,24). The summed E-state index contributed by atoms with van der Waals surface area (Å²) in [4.78, 5) is 18.7. The van der Waals surface area contributed by atoms with Gasteiger partial charge < -0.3 is 19.7 Å². The lowest BCUT2D eigenvalue weighted by atomic mass is 10.2. The normalized spacial score (nSPS) is 11.9. The fourth-order valence-corrected chi connectivity index (χ4v) is 2.69. The Morgan fingerprint density at radius 3 is 2.58 bits per heavy atom. The molecular formula is C20H17N3O3. The van der Waals surface area contributed by atoms with E-state index in [0.717, 1.165) is 11.4 Å². The highest BCUT2D eigenvalue weighted by molar-refractivity contribution is 6.03. The summed E-state index contributed by atoms with van der Waals surface area (Å²) < 4.78 is 10.6. The molecule has 2 heterocycles. The number of hydrogen-bond acceptors (Lipinski definition) is 5. The zero-order valence-corrected chi connectivity index (χ0v) is 14.2. The maximum atomic E-state index is 12.4. The van der Waals surface area contributed by atoms with Crippen LogP contribution < -0.4 is 19.7 Å². The number of ether oxygens (including phenoxy) is 2. The molecule has 0 radical (unpaired) electrons. The minimum atomic E-state index is -0.280. The second-order valence-electron chi connectivity index (χ2n) is 5.82. The Balaban J connectivity index is 1.47. The Labute approximate surface area is 151 Å². The molecule has 1 aliphatic heterocycles. The van der Waals surface area contributed by atoms with E-state index >= 15 is 0 Å². The van der Waals surface area contributed by atoms with Crippen LogP contribution >= 0.6 is 0 Å². The van der Waals surface area contributed by atoms with E-state index in [1.54, 1.807) is 30.5 Å². The van der Waals surface area contributed by atoms with Gasteiger partial charge in [-0.1, -0.05) is 18.2 Å². The number of nitrogens with zero attached hydrogens (tertiary/aromatic N) is 2. The fraction of sp³-hybridized carbons (Fsp3) is 0.100. The van der Waals surface area contributed by atoms with Crippen LogP contribution in [0, 0.1) is 0 Å². The molecule has 0 bridgehead atoms. The molecule has 0 unspecified atom stereocenters. The number of anilines is 3. The SMILES string of the molecule is CN(c1ccccc1)c1ccc(C(=O)Nc2ccc3c(c2)OCO3)nc1. The quantitative estimate of drug-likeness (QED) is 0.777. The van der Waals surface area contributed by atoms with Gasteiger partial charge in [0.05, 0.1) is 11.9 Å². The number of carbonyl (C=O) groups is 1. The lowest BCUT2D eigenvalue weighted by molar-refractivity contribution is 0.102. The second-order valence-corrected chi connectivity index (χ2v) is 5.82. The van der Waals surface area contributed by atoms with Crippen molar-refractivity contribution in [3.63, 3.8) is 0 Å². The van der Waals surface area contributed by atoms with Gasteiger partial charge in [0.25, 0.3) is 5.91 Å². The average molecular weight is 347 g/mol. The van der Waals surface area contributed by atoms with Crippen molar-refractivity contribution in [2.24, 2.45) is 0 Å². The lowest BCUT2D eigenvalue weighted by Crippen LogP contribution is -2.15. The second kappa shape index (κ2) is 6.76. The van der Waals surface area contributed by atoms with Crippen molar-refractivity contribution in [2.45, 2.75) is 0 Å². The Kier molecular flexibility index (Phi) is 4.15. The molecular weight excluding hydrogens is 330 g/mol. The first-order valence-electron chi connectivity index (χ1n) is 8.16. The molecule has 130 valence electrons. The molecule has 26 heavy (non-hydrogen) atoms. The van der Waals surface area contributed by atoms with Crippen molar-refractivity contribution in [1.82, 2.24) is 4.98 Å². The minimum Gasteiger partial charge on any atom is -0.454 e. The summed E-state index contributed by atoms with van der Waals surface area (Å²) in [6.45, 7) is 0.199. The van der Waals surface area contributed by atoms with Crippen LogP contribution in [-0.2, 0) is 0 Å². The minimum absolute atomic E-state index is 0.199. The molecule has 1 N–H and O–H groups in total. The summed E-state index contributed by atoms with van der Waals surface area (Å²) in [6, 6.07) is 18.8. The zero-order valence-electron chi connectivity index (χ0n) is 14.2. The Bertz CT molecular complexity index is 927. The van der Waals surface area contributed by atoms with Gasteiger partial charge in [-0.2, -0.15) is 0 Å². The zero-order chi connectivity index (χ0) is 17.9. The van der Waals surface area contributed by atoms with Gasteiger partial charge >= 0.3 is 0 Å². The first kappa shape index (κ1) is 16.0. The molecule has 6 heteroatoms. The van der Waals surface area contributed by atoms with Crippen molar-refractivity contribution >= 4 is 23.0 Å². The smallest absolute Gasteiger partial charge is 0.274 e. The highest BCUT2D eigenvalue weighted by Crippen LogP contribution is 2.34. The maximum absolute atomic E-state index is 12.4. The maximum Gasteiger partial charge on any atom is 0.274 e. The molecule has 0 spiro atoms. The molecule has 3 aromatic rings. The van der Waals surface area contributed by atoms with E-state index in [1.165, 1.54) is 0 Å². The third kappa shape index (κ3) is 3.17. The van der Waals surface area contributed by atoms with E-state index in [4.69, 9.17) is 9.47 Å². The summed E-state index contributed by atoms with van der Waals surface area (Å²) in [6.07, 6.45) is 1.68. The number of nitrogens with one attached hydrogen (secondary N) is 1. The van der Waals surface area contributed by atoms with Gasteiger partial charge in [-0.15, -0.1) is 0 Å². The molecule has 4 rings (SSSR count). The number of amides is 1. The van der Waals surface area contributed by atoms with Gasteiger partial charge in [0, 0.05) is 24.5 Å². The summed E-state index contributed by atoms with van der Waals surface area (Å²) in [7, 11) is 1.96. The molecule has 2 aromatic carbocycles. The van der Waals surface area contributed by atoms with Crippen LogP contribution in [0.4, 0.5) is 17.1 Å². The predicted molar refractivity (Wildman–Crippen MR) is 99.3 cm³/mol. The van der Waals surface area contributed by atoms with E-state index in [-0.39, 0.29) is 12.7 Å².